The van der Waals surface area contributed by atoms with Gasteiger partial charge in [-0.05, 0) is 25.3 Å². The second-order valence-electron chi connectivity index (χ2n) is 5.36. The third-order valence-electron chi connectivity index (χ3n) is 3.57. The summed E-state index contributed by atoms with van der Waals surface area (Å²) in [4.78, 5) is 20.5. The van der Waals surface area contributed by atoms with Gasteiger partial charge in [0.05, 0.1) is 15.9 Å². The first-order valence-corrected chi connectivity index (χ1v) is 7.00. The van der Waals surface area contributed by atoms with Crippen molar-refractivity contribution in [2.45, 2.75) is 46.2 Å². The van der Waals surface area contributed by atoms with Gasteiger partial charge in [0.25, 0.3) is 11.4 Å². The van der Waals surface area contributed by atoms with Crippen LogP contribution in [0.4, 0.5) is 11.4 Å². The van der Waals surface area contributed by atoms with Crippen LogP contribution in [0.3, 0.4) is 0 Å². The standard InChI is InChI=1S/C14H21N3O4/c1-4-10(2)7-11(3)15-9-12-5-6-13(16(18)19)8-14(12)17(20)21/h5-6,8,10-11,15H,4,7,9H2,1-3H3. The summed E-state index contributed by atoms with van der Waals surface area (Å²) in [5, 5.41) is 24.9. The van der Waals surface area contributed by atoms with Crippen LogP contribution in [0.5, 0.6) is 0 Å². The number of nitrogens with one attached hydrogen (secondary N) is 1. The Morgan fingerprint density at radius 2 is 1.86 bits per heavy atom. The molecule has 1 N–H and O–H groups in total. The van der Waals surface area contributed by atoms with Crippen LogP contribution >= 0.6 is 0 Å². The van der Waals surface area contributed by atoms with Gasteiger partial charge in [0.2, 0.25) is 0 Å². The molecule has 0 bridgehead atoms. The van der Waals surface area contributed by atoms with E-state index >= 15 is 0 Å². The normalized spacial score (nSPS) is 13.7. The largest absolute Gasteiger partial charge is 0.310 e. The zero-order valence-corrected chi connectivity index (χ0v) is 12.5. The lowest BCUT2D eigenvalue weighted by Gasteiger charge is -2.17. The second kappa shape index (κ2) is 7.68. The van der Waals surface area contributed by atoms with Crippen molar-refractivity contribution in [3.8, 4) is 0 Å². The molecule has 1 rings (SSSR count). The first-order valence-electron chi connectivity index (χ1n) is 7.00. The maximum atomic E-state index is 11.0. The summed E-state index contributed by atoms with van der Waals surface area (Å²) >= 11 is 0. The van der Waals surface area contributed by atoms with Gasteiger partial charge in [0.1, 0.15) is 0 Å². The van der Waals surface area contributed by atoms with E-state index in [-0.39, 0.29) is 17.4 Å². The molecule has 0 spiro atoms. The van der Waals surface area contributed by atoms with E-state index in [0.29, 0.717) is 18.0 Å². The van der Waals surface area contributed by atoms with E-state index < -0.39 is 9.85 Å². The van der Waals surface area contributed by atoms with Gasteiger partial charge in [0, 0.05) is 24.2 Å². The molecule has 7 nitrogen and oxygen atoms in total. The summed E-state index contributed by atoms with van der Waals surface area (Å²) in [6, 6.07) is 3.98. The molecule has 0 radical (unpaired) electrons. The molecule has 0 aromatic heterocycles. The van der Waals surface area contributed by atoms with E-state index in [1.165, 1.54) is 12.1 Å². The minimum atomic E-state index is -0.629. The van der Waals surface area contributed by atoms with Crippen LogP contribution in [0.25, 0.3) is 0 Å². The smallest absolute Gasteiger partial charge is 0.280 e. The van der Waals surface area contributed by atoms with Crippen molar-refractivity contribution in [2.24, 2.45) is 5.92 Å². The van der Waals surface area contributed by atoms with Crippen LogP contribution in [-0.4, -0.2) is 15.9 Å². The first-order chi connectivity index (χ1) is 9.85. The molecule has 0 saturated heterocycles. The Balaban J connectivity index is 2.79. The van der Waals surface area contributed by atoms with Crippen LogP contribution in [0.2, 0.25) is 0 Å². The average Bonchev–Trinajstić information content (AvgIpc) is 2.44. The lowest BCUT2D eigenvalue weighted by atomic mass is 10.00. The SMILES string of the molecule is CCC(C)CC(C)NCc1ccc([N+](=O)[O-])cc1[N+](=O)[O-]. The van der Waals surface area contributed by atoms with Gasteiger partial charge in [-0.25, -0.2) is 0 Å². The van der Waals surface area contributed by atoms with E-state index in [9.17, 15) is 20.2 Å². The second-order valence-corrected chi connectivity index (χ2v) is 5.36. The molecule has 2 unspecified atom stereocenters. The Morgan fingerprint density at radius 1 is 1.19 bits per heavy atom. The predicted molar refractivity (Wildman–Crippen MR) is 80.1 cm³/mol. The van der Waals surface area contributed by atoms with Crippen molar-refractivity contribution in [3.05, 3.63) is 44.0 Å². The number of hydrogen-bond donors (Lipinski definition) is 1. The summed E-state index contributed by atoms with van der Waals surface area (Å²) in [5.41, 5.74) is -0.0212. The fraction of sp³-hybridized carbons (Fsp3) is 0.571. The van der Waals surface area contributed by atoms with E-state index in [1.807, 2.05) is 6.92 Å². The lowest BCUT2D eigenvalue weighted by Crippen LogP contribution is -2.27. The number of hydrogen-bond acceptors (Lipinski definition) is 5. The van der Waals surface area contributed by atoms with Crippen molar-refractivity contribution in [3.63, 3.8) is 0 Å². The van der Waals surface area contributed by atoms with Gasteiger partial charge >= 0.3 is 0 Å². The Kier molecular flexibility index (Phi) is 6.23. The third kappa shape index (κ3) is 5.11. The van der Waals surface area contributed by atoms with E-state index in [1.54, 1.807) is 0 Å². The molecule has 0 aliphatic rings. The Morgan fingerprint density at radius 3 is 2.38 bits per heavy atom. The summed E-state index contributed by atoms with van der Waals surface area (Å²) in [6.07, 6.45) is 2.07. The van der Waals surface area contributed by atoms with Crippen LogP contribution in [0.1, 0.15) is 39.2 Å². The highest BCUT2D eigenvalue weighted by atomic mass is 16.6. The summed E-state index contributed by atoms with van der Waals surface area (Å²) in [6.45, 7) is 6.64. The molecule has 1 aromatic carbocycles. The Labute approximate surface area is 123 Å². The summed E-state index contributed by atoms with van der Waals surface area (Å²) in [5.74, 6) is 0.583. The molecule has 0 saturated carbocycles. The zero-order chi connectivity index (χ0) is 16.0. The number of nitro benzene ring substituents is 2. The number of non-ortho nitro benzene ring substituents is 1. The number of benzene rings is 1. The molecule has 0 amide bonds. The molecule has 21 heavy (non-hydrogen) atoms. The predicted octanol–water partition coefficient (Wildman–Crippen LogP) is 3.42. The van der Waals surface area contributed by atoms with Gasteiger partial charge in [-0.15, -0.1) is 0 Å². The van der Waals surface area contributed by atoms with Crippen molar-refractivity contribution >= 4 is 11.4 Å². The minimum absolute atomic E-state index is 0.215. The van der Waals surface area contributed by atoms with Crippen LogP contribution < -0.4 is 5.32 Å². The van der Waals surface area contributed by atoms with Gasteiger partial charge in [-0.3, -0.25) is 20.2 Å². The maximum absolute atomic E-state index is 11.0. The Hall–Kier alpha value is -2.02. The first kappa shape index (κ1) is 17.0. The quantitative estimate of drug-likeness (QED) is 0.585. The van der Waals surface area contributed by atoms with Gasteiger partial charge in [-0.1, -0.05) is 20.3 Å². The van der Waals surface area contributed by atoms with Crippen molar-refractivity contribution in [1.82, 2.24) is 5.32 Å². The number of nitrogens with zero attached hydrogens (tertiary/aromatic N) is 2. The van der Waals surface area contributed by atoms with Crippen molar-refractivity contribution in [1.29, 1.82) is 0 Å². The number of rotatable bonds is 8. The molecule has 116 valence electrons. The van der Waals surface area contributed by atoms with Crippen LogP contribution in [-0.2, 0) is 6.54 Å². The zero-order valence-electron chi connectivity index (χ0n) is 12.5. The highest BCUT2D eigenvalue weighted by molar-refractivity contribution is 5.49. The van der Waals surface area contributed by atoms with Crippen molar-refractivity contribution < 1.29 is 9.85 Å². The highest BCUT2D eigenvalue weighted by Gasteiger charge is 2.19. The fourth-order valence-corrected chi connectivity index (χ4v) is 2.12. The van der Waals surface area contributed by atoms with Crippen LogP contribution in [0.15, 0.2) is 18.2 Å². The monoisotopic (exact) mass is 295 g/mol. The molecular formula is C14H21N3O4. The van der Waals surface area contributed by atoms with E-state index in [4.69, 9.17) is 0 Å². The van der Waals surface area contributed by atoms with E-state index in [0.717, 1.165) is 18.9 Å². The molecule has 7 heteroatoms. The lowest BCUT2D eigenvalue weighted by molar-refractivity contribution is -0.394. The van der Waals surface area contributed by atoms with Gasteiger partial charge in [-0.2, -0.15) is 0 Å². The summed E-state index contributed by atoms with van der Waals surface area (Å²) in [7, 11) is 0. The number of nitro groups is 2. The summed E-state index contributed by atoms with van der Waals surface area (Å²) < 4.78 is 0. The molecule has 1 aromatic rings. The molecule has 0 aliphatic heterocycles. The van der Waals surface area contributed by atoms with Gasteiger partial charge in [0.15, 0.2) is 0 Å². The van der Waals surface area contributed by atoms with Crippen molar-refractivity contribution in [2.75, 3.05) is 0 Å². The maximum Gasteiger partial charge on any atom is 0.280 e. The fourth-order valence-electron chi connectivity index (χ4n) is 2.12. The van der Waals surface area contributed by atoms with Crippen LogP contribution in [0, 0.1) is 26.1 Å². The minimum Gasteiger partial charge on any atom is -0.310 e. The molecule has 0 fully saturated rings. The molecule has 0 aliphatic carbocycles. The highest BCUT2D eigenvalue weighted by Crippen LogP contribution is 2.24. The Bertz CT molecular complexity index is 519. The van der Waals surface area contributed by atoms with Gasteiger partial charge < -0.3 is 5.32 Å². The average molecular weight is 295 g/mol. The third-order valence-corrected chi connectivity index (χ3v) is 3.57. The molecule has 0 heterocycles. The topological polar surface area (TPSA) is 98.3 Å². The van der Waals surface area contributed by atoms with E-state index in [2.05, 4.69) is 19.2 Å². The molecule has 2 atom stereocenters. The molecular weight excluding hydrogens is 274 g/mol.